The van der Waals surface area contributed by atoms with Crippen molar-refractivity contribution in [3.63, 3.8) is 0 Å². The fourth-order valence-corrected chi connectivity index (χ4v) is 2.74. The Morgan fingerprint density at radius 3 is 2.90 bits per heavy atom. The van der Waals surface area contributed by atoms with Crippen molar-refractivity contribution < 1.29 is 4.79 Å². The van der Waals surface area contributed by atoms with Crippen molar-refractivity contribution in [1.82, 2.24) is 4.98 Å². The van der Waals surface area contributed by atoms with Gasteiger partial charge in [0.15, 0.2) is 0 Å². The summed E-state index contributed by atoms with van der Waals surface area (Å²) in [6, 6.07) is 13.5. The average Bonchev–Trinajstić information content (AvgIpc) is 3.03. The summed E-state index contributed by atoms with van der Waals surface area (Å²) in [5.74, 6) is 0.0159. The van der Waals surface area contributed by atoms with E-state index in [1.807, 2.05) is 42.6 Å². The smallest absolute Gasteiger partial charge is 0.259 e. The van der Waals surface area contributed by atoms with Gasteiger partial charge in [-0.25, -0.2) is 0 Å². The highest BCUT2D eigenvalue weighted by Crippen LogP contribution is 2.31. The summed E-state index contributed by atoms with van der Waals surface area (Å²) < 4.78 is 0. The first-order valence-corrected chi connectivity index (χ1v) is 6.50. The van der Waals surface area contributed by atoms with Gasteiger partial charge in [-0.2, -0.15) is 0 Å². The lowest BCUT2D eigenvalue weighted by molar-refractivity contribution is 0.0996. The molecule has 0 saturated heterocycles. The largest absolute Gasteiger partial charge is 0.399 e. The highest BCUT2D eigenvalue weighted by atomic mass is 16.2. The van der Waals surface area contributed by atoms with E-state index in [1.54, 1.807) is 11.0 Å². The minimum atomic E-state index is 0.0159. The van der Waals surface area contributed by atoms with Crippen molar-refractivity contribution in [3.05, 3.63) is 59.8 Å². The molecule has 0 saturated carbocycles. The molecule has 3 aromatic rings. The van der Waals surface area contributed by atoms with E-state index in [2.05, 4.69) is 4.98 Å². The summed E-state index contributed by atoms with van der Waals surface area (Å²) in [5.41, 5.74) is 10.1. The Labute approximate surface area is 115 Å². The molecule has 0 aliphatic carbocycles. The van der Waals surface area contributed by atoms with Gasteiger partial charge < -0.3 is 15.6 Å². The predicted molar refractivity (Wildman–Crippen MR) is 79.7 cm³/mol. The van der Waals surface area contributed by atoms with Crippen LogP contribution in [-0.2, 0) is 6.54 Å². The first-order valence-electron chi connectivity index (χ1n) is 6.50. The molecular weight excluding hydrogens is 250 g/mol. The molecule has 0 fully saturated rings. The Bertz CT molecular complexity index is 835. The Morgan fingerprint density at radius 1 is 1.10 bits per heavy atom. The van der Waals surface area contributed by atoms with Gasteiger partial charge in [0.05, 0.1) is 6.54 Å². The molecule has 2 heterocycles. The van der Waals surface area contributed by atoms with Gasteiger partial charge in [-0.15, -0.1) is 0 Å². The predicted octanol–water partition coefficient (Wildman–Crippen LogP) is 2.91. The van der Waals surface area contributed by atoms with E-state index < -0.39 is 0 Å². The molecule has 4 rings (SSSR count). The van der Waals surface area contributed by atoms with Crippen LogP contribution in [0.1, 0.15) is 15.9 Å². The quantitative estimate of drug-likeness (QED) is 0.663. The molecule has 1 aliphatic rings. The number of aromatic nitrogens is 1. The van der Waals surface area contributed by atoms with Gasteiger partial charge in [0.2, 0.25) is 0 Å². The third kappa shape index (κ3) is 1.51. The highest BCUT2D eigenvalue weighted by molar-refractivity contribution is 6.11. The molecule has 1 amide bonds. The number of nitrogens with one attached hydrogen (secondary N) is 1. The van der Waals surface area contributed by atoms with Crippen molar-refractivity contribution in [3.8, 4) is 0 Å². The third-order valence-corrected chi connectivity index (χ3v) is 3.79. The second-order valence-electron chi connectivity index (χ2n) is 5.06. The second-order valence-corrected chi connectivity index (χ2v) is 5.06. The maximum Gasteiger partial charge on any atom is 0.259 e. The summed E-state index contributed by atoms with van der Waals surface area (Å²) in [4.78, 5) is 17.4. The van der Waals surface area contributed by atoms with E-state index in [4.69, 9.17) is 5.73 Å². The van der Waals surface area contributed by atoms with Gasteiger partial charge in [0.25, 0.3) is 5.91 Å². The van der Waals surface area contributed by atoms with Crippen molar-refractivity contribution in [2.24, 2.45) is 0 Å². The summed E-state index contributed by atoms with van der Waals surface area (Å²) in [6.45, 7) is 0.602. The zero-order valence-electron chi connectivity index (χ0n) is 10.8. The minimum absolute atomic E-state index is 0.0159. The van der Waals surface area contributed by atoms with Gasteiger partial charge in [-0.1, -0.05) is 6.07 Å². The zero-order chi connectivity index (χ0) is 13.7. The van der Waals surface area contributed by atoms with Gasteiger partial charge in [-0.05, 0) is 42.0 Å². The van der Waals surface area contributed by atoms with E-state index in [0.717, 1.165) is 22.2 Å². The molecule has 0 spiro atoms. The Kier molecular flexibility index (Phi) is 2.15. The monoisotopic (exact) mass is 263 g/mol. The zero-order valence-corrected chi connectivity index (χ0v) is 10.8. The molecule has 0 bridgehead atoms. The number of hydrogen-bond donors (Lipinski definition) is 2. The number of fused-ring (bicyclic) bond motifs is 2. The third-order valence-electron chi connectivity index (χ3n) is 3.79. The van der Waals surface area contributed by atoms with Crippen LogP contribution in [0.15, 0.2) is 48.7 Å². The second kappa shape index (κ2) is 3.87. The van der Waals surface area contributed by atoms with E-state index in [9.17, 15) is 4.79 Å². The molecule has 1 aromatic heterocycles. The fraction of sp³-hybridized carbons (Fsp3) is 0.0625. The molecule has 1 aliphatic heterocycles. The molecule has 0 atom stereocenters. The number of carbonyl (C=O) groups excluding carboxylic acids is 1. The van der Waals surface area contributed by atoms with Crippen LogP contribution in [0.2, 0.25) is 0 Å². The number of amides is 1. The number of nitrogens with zero attached hydrogens (tertiary/aromatic N) is 1. The minimum Gasteiger partial charge on any atom is -0.399 e. The van der Waals surface area contributed by atoms with Crippen LogP contribution in [0.4, 0.5) is 11.4 Å². The number of anilines is 2. The average molecular weight is 263 g/mol. The lowest BCUT2D eigenvalue weighted by Crippen LogP contribution is -2.22. The number of carbonyl (C=O) groups is 1. The van der Waals surface area contributed by atoms with Crippen LogP contribution in [-0.4, -0.2) is 10.9 Å². The Balaban J connectivity index is 1.79. The normalized spacial score (nSPS) is 14.0. The van der Waals surface area contributed by atoms with Gasteiger partial charge in [-0.3, -0.25) is 4.79 Å². The molecule has 20 heavy (non-hydrogen) atoms. The summed E-state index contributed by atoms with van der Waals surface area (Å²) in [7, 11) is 0. The lowest BCUT2D eigenvalue weighted by atomic mass is 10.1. The molecule has 0 unspecified atom stereocenters. The van der Waals surface area contributed by atoms with Gasteiger partial charge >= 0.3 is 0 Å². The Hall–Kier alpha value is -2.75. The number of nitrogens with two attached hydrogens (primary N) is 1. The van der Waals surface area contributed by atoms with E-state index in [-0.39, 0.29) is 5.91 Å². The van der Waals surface area contributed by atoms with E-state index in [1.165, 1.54) is 0 Å². The molecule has 4 heteroatoms. The molecule has 98 valence electrons. The molecule has 3 N–H and O–H groups in total. The van der Waals surface area contributed by atoms with E-state index in [0.29, 0.717) is 17.8 Å². The SMILES string of the molecule is Nc1ccc2c(c1)C(=O)N(c1ccc3[nH]ccc3c1)C2. The topological polar surface area (TPSA) is 62.1 Å². The van der Waals surface area contributed by atoms with Crippen molar-refractivity contribution in [2.75, 3.05) is 10.6 Å². The van der Waals surface area contributed by atoms with Crippen molar-refractivity contribution in [1.29, 1.82) is 0 Å². The summed E-state index contributed by atoms with van der Waals surface area (Å²) in [6.07, 6.45) is 1.90. The molecule has 0 radical (unpaired) electrons. The van der Waals surface area contributed by atoms with Crippen LogP contribution in [0.3, 0.4) is 0 Å². The number of benzene rings is 2. The summed E-state index contributed by atoms with van der Waals surface area (Å²) in [5, 5.41) is 1.10. The maximum absolute atomic E-state index is 12.5. The highest BCUT2D eigenvalue weighted by Gasteiger charge is 2.28. The maximum atomic E-state index is 12.5. The molecule has 4 nitrogen and oxygen atoms in total. The van der Waals surface area contributed by atoms with Crippen LogP contribution >= 0.6 is 0 Å². The molecular formula is C16H13N3O. The lowest BCUT2D eigenvalue weighted by Gasteiger charge is -2.15. The number of rotatable bonds is 1. The first-order chi connectivity index (χ1) is 9.72. The fourth-order valence-electron chi connectivity index (χ4n) is 2.74. The standard InChI is InChI=1S/C16H13N3O/c17-12-2-1-11-9-19(16(20)14(11)8-12)13-3-4-15-10(7-13)5-6-18-15/h1-8,18H,9,17H2. The van der Waals surface area contributed by atoms with Crippen molar-refractivity contribution in [2.45, 2.75) is 6.54 Å². The van der Waals surface area contributed by atoms with Crippen LogP contribution < -0.4 is 10.6 Å². The van der Waals surface area contributed by atoms with Gasteiger partial charge in [0, 0.05) is 34.0 Å². The summed E-state index contributed by atoms with van der Waals surface area (Å²) >= 11 is 0. The number of aromatic amines is 1. The Morgan fingerprint density at radius 2 is 2.00 bits per heavy atom. The van der Waals surface area contributed by atoms with Crippen LogP contribution in [0, 0.1) is 0 Å². The first kappa shape index (κ1) is 11.1. The van der Waals surface area contributed by atoms with Crippen molar-refractivity contribution >= 4 is 28.2 Å². The van der Waals surface area contributed by atoms with E-state index >= 15 is 0 Å². The number of H-pyrrole nitrogens is 1. The van der Waals surface area contributed by atoms with Gasteiger partial charge in [0.1, 0.15) is 0 Å². The molecule has 2 aromatic carbocycles. The number of hydrogen-bond acceptors (Lipinski definition) is 2. The van der Waals surface area contributed by atoms with Crippen LogP contribution in [0.25, 0.3) is 10.9 Å². The number of nitrogen functional groups attached to an aromatic ring is 1. The van der Waals surface area contributed by atoms with Crippen LogP contribution in [0.5, 0.6) is 0 Å².